The van der Waals surface area contributed by atoms with Gasteiger partial charge in [0.2, 0.25) is 0 Å². The molecule has 0 aliphatic rings. The van der Waals surface area contributed by atoms with Crippen LogP contribution < -0.4 is 0 Å². The van der Waals surface area contributed by atoms with Gasteiger partial charge in [-0.05, 0) is 31.5 Å². The summed E-state index contributed by atoms with van der Waals surface area (Å²) in [5.74, 6) is 0. The van der Waals surface area contributed by atoms with Crippen molar-refractivity contribution in [2.45, 2.75) is 20.4 Å². The van der Waals surface area contributed by atoms with Crippen LogP contribution in [0.1, 0.15) is 17.0 Å². The molecule has 0 fully saturated rings. The Morgan fingerprint density at radius 3 is 2.71 bits per heavy atom. The minimum atomic E-state index is 0.746. The third-order valence-electron chi connectivity index (χ3n) is 2.24. The molecule has 3 nitrogen and oxygen atoms in total. The van der Waals surface area contributed by atoms with Crippen molar-refractivity contribution in [1.29, 1.82) is 0 Å². The Labute approximate surface area is 83.4 Å². The van der Waals surface area contributed by atoms with Gasteiger partial charge >= 0.3 is 0 Å². The SMILES string of the molecule is Cc1cn(Cc2ccccn2)nc1C. The Hall–Kier alpha value is -1.64. The summed E-state index contributed by atoms with van der Waals surface area (Å²) in [4.78, 5) is 4.25. The van der Waals surface area contributed by atoms with Gasteiger partial charge in [0.05, 0.1) is 17.9 Å². The van der Waals surface area contributed by atoms with E-state index in [0.717, 1.165) is 17.9 Å². The van der Waals surface area contributed by atoms with Gasteiger partial charge in [-0.15, -0.1) is 0 Å². The minimum Gasteiger partial charge on any atom is -0.266 e. The fourth-order valence-electron chi connectivity index (χ4n) is 1.36. The van der Waals surface area contributed by atoms with Crippen molar-refractivity contribution >= 4 is 0 Å². The van der Waals surface area contributed by atoms with Crippen LogP contribution in [0.25, 0.3) is 0 Å². The lowest BCUT2D eigenvalue weighted by Crippen LogP contribution is -2.01. The van der Waals surface area contributed by atoms with E-state index in [0.29, 0.717) is 0 Å². The molecule has 0 aliphatic heterocycles. The van der Waals surface area contributed by atoms with E-state index in [1.165, 1.54) is 5.56 Å². The lowest BCUT2D eigenvalue weighted by molar-refractivity contribution is 0.666. The number of rotatable bonds is 2. The van der Waals surface area contributed by atoms with E-state index in [4.69, 9.17) is 0 Å². The van der Waals surface area contributed by atoms with Gasteiger partial charge in [-0.25, -0.2) is 0 Å². The molecule has 2 aromatic rings. The van der Waals surface area contributed by atoms with Crippen LogP contribution in [0.3, 0.4) is 0 Å². The van der Waals surface area contributed by atoms with Gasteiger partial charge in [0.25, 0.3) is 0 Å². The highest BCUT2D eigenvalue weighted by Gasteiger charge is 2.00. The van der Waals surface area contributed by atoms with E-state index in [9.17, 15) is 0 Å². The number of aromatic nitrogens is 3. The molecule has 3 heteroatoms. The molecular weight excluding hydrogens is 174 g/mol. The van der Waals surface area contributed by atoms with E-state index >= 15 is 0 Å². The molecule has 2 heterocycles. The summed E-state index contributed by atoms with van der Waals surface area (Å²) in [7, 11) is 0. The Morgan fingerprint density at radius 1 is 1.29 bits per heavy atom. The highest BCUT2D eigenvalue weighted by molar-refractivity contribution is 5.13. The molecule has 0 aliphatic carbocycles. The summed E-state index contributed by atoms with van der Waals surface area (Å²) in [5.41, 5.74) is 3.34. The molecule has 0 N–H and O–H groups in total. The maximum atomic E-state index is 4.38. The normalized spacial score (nSPS) is 10.4. The molecule has 0 amide bonds. The second kappa shape index (κ2) is 3.62. The second-order valence-electron chi connectivity index (χ2n) is 3.42. The third kappa shape index (κ3) is 1.82. The van der Waals surface area contributed by atoms with Crippen molar-refractivity contribution in [1.82, 2.24) is 14.8 Å². The Morgan fingerprint density at radius 2 is 2.14 bits per heavy atom. The molecule has 0 saturated heterocycles. The summed E-state index contributed by atoms with van der Waals surface area (Å²) in [5, 5.41) is 4.38. The first-order valence-electron chi connectivity index (χ1n) is 4.66. The molecule has 72 valence electrons. The number of aryl methyl sites for hydroxylation is 2. The van der Waals surface area contributed by atoms with E-state index < -0.39 is 0 Å². The van der Waals surface area contributed by atoms with Crippen LogP contribution in [0, 0.1) is 13.8 Å². The van der Waals surface area contributed by atoms with Gasteiger partial charge in [-0.1, -0.05) is 6.07 Å². The first-order chi connectivity index (χ1) is 6.75. The average molecular weight is 187 g/mol. The van der Waals surface area contributed by atoms with Gasteiger partial charge in [0.1, 0.15) is 0 Å². The molecule has 0 saturated carbocycles. The lowest BCUT2D eigenvalue weighted by Gasteiger charge is -1.99. The Kier molecular flexibility index (Phi) is 2.31. The van der Waals surface area contributed by atoms with Crippen LogP contribution in [-0.4, -0.2) is 14.8 Å². The monoisotopic (exact) mass is 187 g/mol. The third-order valence-corrected chi connectivity index (χ3v) is 2.24. The molecular formula is C11H13N3. The number of hydrogen-bond acceptors (Lipinski definition) is 2. The summed E-state index contributed by atoms with van der Waals surface area (Å²) < 4.78 is 1.92. The van der Waals surface area contributed by atoms with Gasteiger partial charge in [0.15, 0.2) is 0 Å². The predicted molar refractivity (Wildman–Crippen MR) is 55.0 cm³/mol. The molecule has 0 atom stereocenters. The Bertz CT molecular complexity index is 398. The first kappa shape index (κ1) is 8.94. The fraction of sp³-hybridized carbons (Fsp3) is 0.273. The molecule has 2 rings (SSSR count). The molecule has 0 aromatic carbocycles. The van der Waals surface area contributed by atoms with Crippen molar-refractivity contribution in [3.63, 3.8) is 0 Å². The highest BCUT2D eigenvalue weighted by atomic mass is 15.3. The zero-order valence-corrected chi connectivity index (χ0v) is 8.44. The quantitative estimate of drug-likeness (QED) is 0.719. The van der Waals surface area contributed by atoms with Gasteiger partial charge in [-0.3, -0.25) is 9.67 Å². The highest BCUT2D eigenvalue weighted by Crippen LogP contribution is 2.04. The number of hydrogen-bond donors (Lipinski definition) is 0. The molecule has 0 spiro atoms. The molecule has 14 heavy (non-hydrogen) atoms. The summed E-state index contributed by atoms with van der Waals surface area (Å²) in [6.45, 7) is 4.83. The van der Waals surface area contributed by atoms with E-state index in [-0.39, 0.29) is 0 Å². The van der Waals surface area contributed by atoms with Crippen LogP contribution in [0.15, 0.2) is 30.6 Å². The minimum absolute atomic E-state index is 0.746. The summed E-state index contributed by atoms with van der Waals surface area (Å²) in [6.07, 6.45) is 3.85. The van der Waals surface area contributed by atoms with Crippen LogP contribution in [0.2, 0.25) is 0 Å². The largest absolute Gasteiger partial charge is 0.266 e. The number of nitrogens with zero attached hydrogens (tertiary/aromatic N) is 3. The zero-order chi connectivity index (χ0) is 9.97. The topological polar surface area (TPSA) is 30.7 Å². The molecule has 2 aromatic heterocycles. The van der Waals surface area contributed by atoms with Crippen LogP contribution in [0.4, 0.5) is 0 Å². The van der Waals surface area contributed by atoms with Crippen molar-refractivity contribution in [2.75, 3.05) is 0 Å². The van der Waals surface area contributed by atoms with Crippen LogP contribution in [0.5, 0.6) is 0 Å². The standard InChI is InChI=1S/C11H13N3/c1-9-7-14(13-10(9)2)8-11-5-3-4-6-12-11/h3-7H,8H2,1-2H3. The molecule has 0 radical (unpaired) electrons. The Balaban J connectivity index is 2.19. The molecule has 0 bridgehead atoms. The van der Waals surface area contributed by atoms with Crippen LogP contribution in [-0.2, 0) is 6.54 Å². The predicted octanol–water partition coefficient (Wildman–Crippen LogP) is 1.94. The summed E-state index contributed by atoms with van der Waals surface area (Å²) >= 11 is 0. The maximum Gasteiger partial charge on any atom is 0.0831 e. The van der Waals surface area contributed by atoms with Gasteiger partial charge < -0.3 is 0 Å². The van der Waals surface area contributed by atoms with E-state index in [1.54, 1.807) is 6.20 Å². The van der Waals surface area contributed by atoms with Crippen molar-refractivity contribution in [3.8, 4) is 0 Å². The lowest BCUT2D eigenvalue weighted by atomic mass is 10.3. The van der Waals surface area contributed by atoms with Crippen molar-refractivity contribution in [3.05, 3.63) is 47.5 Å². The zero-order valence-electron chi connectivity index (χ0n) is 8.44. The van der Waals surface area contributed by atoms with E-state index in [2.05, 4.69) is 17.0 Å². The summed E-state index contributed by atoms with van der Waals surface area (Å²) in [6, 6.07) is 5.92. The van der Waals surface area contributed by atoms with Gasteiger partial charge in [-0.2, -0.15) is 5.10 Å². The second-order valence-corrected chi connectivity index (χ2v) is 3.42. The maximum absolute atomic E-state index is 4.38. The number of pyridine rings is 1. The smallest absolute Gasteiger partial charge is 0.0831 e. The average Bonchev–Trinajstić information content (AvgIpc) is 2.47. The van der Waals surface area contributed by atoms with E-state index in [1.807, 2.05) is 36.0 Å². The first-order valence-corrected chi connectivity index (χ1v) is 4.66. The van der Waals surface area contributed by atoms with Gasteiger partial charge in [0, 0.05) is 12.4 Å². The van der Waals surface area contributed by atoms with Crippen molar-refractivity contribution in [2.24, 2.45) is 0 Å². The van der Waals surface area contributed by atoms with Crippen LogP contribution >= 0.6 is 0 Å². The molecule has 0 unspecified atom stereocenters. The van der Waals surface area contributed by atoms with Crippen molar-refractivity contribution < 1.29 is 0 Å². The fourth-order valence-corrected chi connectivity index (χ4v) is 1.36.